The minimum atomic E-state index is -0.0844. The number of likely N-dealkylation sites (N-methyl/N-ethyl adjacent to an activating group) is 1. The van der Waals surface area contributed by atoms with Crippen molar-refractivity contribution >= 4 is 5.91 Å². The molecule has 100 valence electrons. The van der Waals surface area contributed by atoms with E-state index in [0.29, 0.717) is 25.4 Å². The summed E-state index contributed by atoms with van der Waals surface area (Å²) in [5.74, 6) is 0.576. The first-order valence-electron chi connectivity index (χ1n) is 5.82. The Bertz CT molecular complexity index is 382. The van der Waals surface area contributed by atoms with Crippen molar-refractivity contribution in [2.75, 3.05) is 33.9 Å². The summed E-state index contributed by atoms with van der Waals surface area (Å²) in [7, 11) is 3.33. The van der Waals surface area contributed by atoms with Gasteiger partial charge in [-0.3, -0.25) is 4.79 Å². The van der Waals surface area contributed by atoms with Crippen LogP contribution in [0.1, 0.15) is 5.56 Å². The number of hydrogen-bond acceptors (Lipinski definition) is 4. The summed E-state index contributed by atoms with van der Waals surface area (Å²) < 4.78 is 10.4. The number of carbonyl (C=O) groups excluding carboxylic acids is 1. The van der Waals surface area contributed by atoms with Crippen LogP contribution < -0.4 is 10.5 Å². The maximum Gasteiger partial charge on any atom is 0.260 e. The van der Waals surface area contributed by atoms with E-state index in [4.69, 9.17) is 15.2 Å². The van der Waals surface area contributed by atoms with E-state index < -0.39 is 0 Å². The summed E-state index contributed by atoms with van der Waals surface area (Å²) in [6.45, 7) is 1.47. The fourth-order valence-corrected chi connectivity index (χ4v) is 1.42. The van der Waals surface area contributed by atoms with Gasteiger partial charge in [0.2, 0.25) is 0 Å². The molecule has 0 saturated heterocycles. The van der Waals surface area contributed by atoms with Crippen LogP contribution in [0, 0.1) is 0 Å². The van der Waals surface area contributed by atoms with Gasteiger partial charge < -0.3 is 20.1 Å². The lowest BCUT2D eigenvalue weighted by Gasteiger charge is -2.17. The Hall–Kier alpha value is -1.59. The highest BCUT2D eigenvalue weighted by molar-refractivity contribution is 5.77. The third-order valence-corrected chi connectivity index (χ3v) is 2.60. The maximum absolute atomic E-state index is 11.7. The number of nitrogens with two attached hydrogens (primary N) is 1. The van der Waals surface area contributed by atoms with Crippen molar-refractivity contribution in [2.45, 2.75) is 6.54 Å². The van der Waals surface area contributed by atoms with Crippen molar-refractivity contribution in [2.24, 2.45) is 5.73 Å². The van der Waals surface area contributed by atoms with E-state index in [1.165, 1.54) is 0 Å². The van der Waals surface area contributed by atoms with Gasteiger partial charge in [0.1, 0.15) is 5.75 Å². The van der Waals surface area contributed by atoms with Crippen LogP contribution in [0.25, 0.3) is 0 Å². The number of amides is 1. The lowest BCUT2D eigenvalue weighted by atomic mass is 10.2. The van der Waals surface area contributed by atoms with Crippen molar-refractivity contribution in [1.82, 2.24) is 4.90 Å². The second-order valence-electron chi connectivity index (χ2n) is 3.91. The van der Waals surface area contributed by atoms with Gasteiger partial charge in [0, 0.05) is 32.8 Å². The molecule has 1 rings (SSSR count). The van der Waals surface area contributed by atoms with Gasteiger partial charge in [0.05, 0.1) is 6.61 Å². The molecule has 1 amide bonds. The molecular weight excluding hydrogens is 232 g/mol. The van der Waals surface area contributed by atoms with Gasteiger partial charge in [-0.1, -0.05) is 18.2 Å². The summed E-state index contributed by atoms with van der Waals surface area (Å²) in [5.41, 5.74) is 6.48. The molecule has 0 bridgehead atoms. The molecule has 0 atom stereocenters. The highest BCUT2D eigenvalue weighted by Gasteiger charge is 2.10. The highest BCUT2D eigenvalue weighted by Crippen LogP contribution is 2.16. The van der Waals surface area contributed by atoms with Crippen LogP contribution >= 0.6 is 0 Å². The van der Waals surface area contributed by atoms with Crippen molar-refractivity contribution in [3.63, 3.8) is 0 Å². The number of para-hydroxylation sites is 1. The quantitative estimate of drug-likeness (QED) is 0.773. The van der Waals surface area contributed by atoms with Gasteiger partial charge in [0.15, 0.2) is 6.61 Å². The Morgan fingerprint density at radius 1 is 1.39 bits per heavy atom. The monoisotopic (exact) mass is 252 g/mol. The van der Waals surface area contributed by atoms with Crippen LogP contribution in [0.15, 0.2) is 24.3 Å². The molecule has 0 fully saturated rings. The topological polar surface area (TPSA) is 64.8 Å². The van der Waals surface area contributed by atoms with Gasteiger partial charge >= 0.3 is 0 Å². The maximum atomic E-state index is 11.7. The number of ether oxygens (including phenoxy) is 2. The zero-order valence-corrected chi connectivity index (χ0v) is 10.9. The van der Waals surface area contributed by atoms with E-state index in [0.717, 1.165) is 5.56 Å². The average molecular weight is 252 g/mol. The van der Waals surface area contributed by atoms with Crippen molar-refractivity contribution in [3.8, 4) is 5.75 Å². The largest absolute Gasteiger partial charge is 0.483 e. The van der Waals surface area contributed by atoms with E-state index in [9.17, 15) is 4.79 Å². The van der Waals surface area contributed by atoms with E-state index in [1.54, 1.807) is 19.1 Å². The lowest BCUT2D eigenvalue weighted by molar-refractivity contribution is -0.132. The number of rotatable bonds is 7. The number of benzene rings is 1. The zero-order chi connectivity index (χ0) is 13.4. The predicted octanol–water partition coefficient (Wildman–Crippen LogP) is 0.629. The Morgan fingerprint density at radius 2 is 2.11 bits per heavy atom. The van der Waals surface area contributed by atoms with Gasteiger partial charge in [0.25, 0.3) is 5.91 Å². The molecule has 0 aliphatic carbocycles. The number of methoxy groups -OCH3 is 1. The van der Waals surface area contributed by atoms with Crippen LogP contribution in [0.4, 0.5) is 0 Å². The number of carbonyl (C=O) groups is 1. The molecule has 0 radical (unpaired) electrons. The molecule has 0 saturated carbocycles. The number of nitrogens with zero attached hydrogens (tertiary/aromatic N) is 1. The number of hydrogen-bond donors (Lipinski definition) is 1. The minimum Gasteiger partial charge on any atom is -0.483 e. The molecule has 0 spiro atoms. The standard InChI is InChI=1S/C13H20N2O3/c1-15(7-8-17-2)13(16)10-18-12-6-4-3-5-11(12)9-14/h3-6H,7-10,14H2,1-2H3. The zero-order valence-electron chi connectivity index (χ0n) is 10.9. The third-order valence-electron chi connectivity index (χ3n) is 2.60. The van der Waals surface area contributed by atoms with Crippen LogP contribution in [-0.2, 0) is 16.1 Å². The first kappa shape index (κ1) is 14.5. The lowest BCUT2D eigenvalue weighted by Crippen LogP contribution is -2.34. The molecule has 2 N–H and O–H groups in total. The van der Waals surface area contributed by atoms with Crippen molar-refractivity contribution in [3.05, 3.63) is 29.8 Å². The third kappa shape index (κ3) is 4.35. The van der Waals surface area contributed by atoms with Gasteiger partial charge in [-0.2, -0.15) is 0 Å². The molecular formula is C13H20N2O3. The molecule has 1 aromatic carbocycles. The smallest absolute Gasteiger partial charge is 0.260 e. The molecule has 0 aliphatic rings. The Kier molecular flexibility index (Phi) is 6.18. The van der Waals surface area contributed by atoms with Crippen molar-refractivity contribution in [1.29, 1.82) is 0 Å². The summed E-state index contributed by atoms with van der Waals surface area (Å²) in [5, 5.41) is 0. The van der Waals surface area contributed by atoms with Crippen LogP contribution in [-0.4, -0.2) is 44.7 Å². The van der Waals surface area contributed by atoms with Crippen LogP contribution in [0.3, 0.4) is 0 Å². The van der Waals surface area contributed by atoms with Crippen LogP contribution in [0.5, 0.6) is 5.75 Å². The minimum absolute atomic E-state index is 0.0111. The van der Waals surface area contributed by atoms with Crippen molar-refractivity contribution < 1.29 is 14.3 Å². The molecule has 18 heavy (non-hydrogen) atoms. The Labute approximate surface area is 107 Å². The average Bonchev–Trinajstić information content (AvgIpc) is 2.42. The first-order valence-corrected chi connectivity index (χ1v) is 5.82. The highest BCUT2D eigenvalue weighted by atomic mass is 16.5. The fourth-order valence-electron chi connectivity index (χ4n) is 1.42. The van der Waals surface area contributed by atoms with Gasteiger partial charge in [-0.15, -0.1) is 0 Å². The summed E-state index contributed by atoms with van der Waals surface area (Å²) in [4.78, 5) is 13.3. The Balaban J connectivity index is 2.46. The van der Waals surface area contributed by atoms with Crippen LogP contribution in [0.2, 0.25) is 0 Å². The Morgan fingerprint density at radius 3 is 2.78 bits per heavy atom. The first-order chi connectivity index (χ1) is 8.69. The molecule has 5 heteroatoms. The van der Waals surface area contributed by atoms with E-state index in [2.05, 4.69) is 0 Å². The normalized spacial score (nSPS) is 10.2. The van der Waals surface area contributed by atoms with E-state index in [-0.39, 0.29) is 12.5 Å². The van der Waals surface area contributed by atoms with Gasteiger partial charge in [-0.25, -0.2) is 0 Å². The molecule has 1 aromatic rings. The molecule has 0 aromatic heterocycles. The summed E-state index contributed by atoms with van der Waals surface area (Å²) in [6.07, 6.45) is 0. The molecule has 5 nitrogen and oxygen atoms in total. The van der Waals surface area contributed by atoms with E-state index >= 15 is 0 Å². The molecule has 0 aliphatic heterocycles. The molecule has 0 heterocycles. The fraction of sp³-hybridized carbons (Fsp3) is 0.462. The van der Waals surface area contributed by atoms with Gasteiger partial charge in [-0.05, 0) is 6.07 Å². The van der Waals surface area contributed by atoms with E-state index in [1.807, 2.05) is 24.3 Å². The predicted molar refractivity (Wildman–Crippen MR) is 69.3 cm³/mol. The summed E-state index contributed by atoms with van der Waals surface area (Å²) in [6, 6.07) is 7.44. The summed E-state index contributed by atoms with van der Waals surface area (Å²) >= 11 is 0. The second kappa shape index (κ2) is 7.68. The second-order valence-corrected chi connectivity index (χ2v) is 3.91. The molecule has 0 unspecified atom stereocenters. The SMILES string of the molecule is COCCN(C)C(=O)COc1ccccc1CN.